The van der Waals surface area contributed by atoms with Gasteiger partial charge in [0.15, 0.2) is 5.96 Å². The Labute approximate surface area is 185 Å². The van der Waals surface area contributed by atoms with E-state index in [1.165, 1.54) is 16.8 Å². The number of aryl methyl sites for hydroxylation is 1. The fourth-order valence-corrected chi connectivity index (χ4v) is 3.41. The van der Waals surface area contributed by atoms with Crippen LogP contribution in [0.15, 0.2) is 47.5 Å². The van der Waals surface area contributed by atoms with E-state index in [1.54, 1.807) is 14.2 Å². The molecule has 0 amide bonds. The fraction of sp³-hybridized carbons (Fsp3) is 0.458. The van der Waals surface area contributed by atoms with Gasteiger partial charge < -0.3 is 29.7 Å². The van der Waals surface area contributed by atoms with Crippen LogP contribution in [0.5, 0.6) is 5.75 Å². The maximum absolute atomic E-state index is 5.88. The van der Waals surface area contributed by atoms with Crippen LogP contribution < -0.4 is 20.3 Å². The van der Waals surface area contributed by atoms with Crippen molar-refractivity contribution in [2.75, 3.05) is 58.6 Å². The molecule has 168 valence electrons. The second-order valence-electron chi connectivity index (χ2n) is 7.50. The van der Waals surface area contributed by atoms with Crippen molar-refractivity contribution in [2.45, 2.75) is 20.0 Å². The topological polar surface area (TPSA) is 67.4 Å². The minimum atomic E-state index is 0.528. The molecule has 2 aromatic rings. The van der Waals surface area contributed by atoms with Gasteiger partial charge in [-0.3, -0.25) is 4.99 Å². The Morgan fingerprint density at radius 1 is 1.03 bits per heavy atom. The molecule has 1 saturated heterocycles. The van der Waals surface area contributed by atoms with Crippen molar-refractivity contribution in [1.29, 1.82) is 0 Å². The molecule has 1 aliphatic rings. The quantitative estimate of drug-likeness (QED) is 0.365. The number of ether oxygens (including phenoxy) is 3. The third-order valence-electron chi connectivity index (χ3n) is 5.21. The molecule has 0 saturated carbocycles. The van der Waals surface area contributed by atoms with Crippen molar-refractivity contribution in [3.63, 3.8) is 0 Å². The normalized spacial score (nSPS) is 14.4. The number of nitrogens with zero attached hydrogens (tertiary/aromatic N) is 2. The molecular formula is C24H34N4O3. The first kappa shape index (κ1) is 22.9. The van der Waals surface area contributed by atoms with E-state index >= 15 is 0 Å². The van der Waals surface area contributed by atoms with Crippen molar-refractivity contribution >= 4 is 11.6 Å². The van der Waals surface area contributed by atoms with Gasteiger partial charge in [-0.15, -0.1) is 0 Å². The smallest absolute Gasteiger partial charge is 0.191 e. The summed E-state index contributed by atoms with van der Waals surface area (Å²) >= 11 is 0. The number of benzene rings is 2. The largest absolute Gasteiger partial charge is 0.491 e. The summed E-state index contributed by atoms with van der Waals surface area (Å²) in [5, 5.41) is 6.76. The first-order valence-electron chi connectivity index (χ1n) is 10.8. The number of methoxy groups -OCH3 is 1. The van der Waals surface area contributed by atoms with Crippen LogP contribution in [0.4, 0.5) is 5.69 Å². The lowest BCUT2D eigenvalue weighted by Gasteiger charge is -2.28. The van der Waals surface area contributed by atoms with E-state index in [9.17, 15) is 0 Å². The molecule has 7 nitrogen and oxygen atoms in total. The SMILES string of the molecule is CN=C(NCc1ccc(N2CCOCC2)cc1)NCc1ccc(C)cc1OCCOC. The van der Waals surface area contributed by atoms with Gasteiger partial charge in [0.25, 0.3) is 0 Å². The van der Waals surface area contributed by atoms with Crippen LogP contribution in [0.2, 0.25) is 0 Å². The molecular weight excluding hydrogens is 392 g/mol. The van der Waals surface area contributed by atoms with Crippen LogP contribution in [0.3, 0.4) is 0 Å². The zero-order chi connectivity index (χ0) is 21.9. The van der Waals surface area contributed by atoms with Crippen LogP contribution in [0.25, 0.3) is 0 Å². The molecule has 0 aliphatic carbocycles. The molecule has 7 heteroatoms. The van der Waals surface area contributed by atoms with Gasteiger partial charge in [-0.25, -0.2) is 0 Å². The minimum Gasteiger partial charge on any atom is -0.491 e. The highest BCUT2D eigenvalue weighted by Gasteiger charge is 2.11. The molecule has 0 spiro atoms. The Bertz CT molecular complexity index is 833. The highest BCUT2D eigenvalue weighted by Crippen LogP contribution is 2.20. The van der Waals surface area contributed by atoms with Gasteiger partial charge in [0.05, 0.1) is 19.8 Å². The van der Waals surface area contributed by atoms with E-state index < -0.39 is 0 Å². The molecule has 0 atom stereocenters. The van der Waals surface area contributed by atoms with E-state index in [2.05, 4.69) is 69.9 Å². The van der Waals surface area contributed by atoms with E-state index in [0.717, 1.165) is 43.6 Å². The Morgan fingerprint density at radius 2 is 1.77 bits per heavy atom. The molecule has 1 fully saturated rings. The maximum Gasteiger partial charge on any atom is 0.191 e. The lowest BCUT2D eigenvalue weighted by molar-refractivity contribution is 0.122. The maximum atomic E-state index is 5.88. The molecule has 31 heavy (non-hydrogen) atoms. The lowest BCUT2D eigenvalue weighted by Crippen LogP contribution is -2.36. The van der Waals surface area contributed by atoms with Crippen LogP contribution in [-0.4, -0.2) is 59.6 Å². The third kappa shape index (κ3) is 7.15. The average molecular weight is 427 g/mol. The Hall–Kier alpha value is -2.77. The predicted octanol–water partition coefficient (Wildman–Crippen LogP) is 2.72. The summed E-state index contributed by atoms with van der Waals surface area (Å²) in [7, 11) is 3.45. The van der Waals surface area contributed by atoms with Gasteiger partial charge in [0.2, 0.25) is 0 Å². The van der Waals surface area contributed by atoms with Gasteiger partial charge in [-0.05, 0) is 36.2 Å². The van der Waals surface area contributed by atoms with E-state index in [-0.39, 0.29) is 0 Å². The molecule has 2 aromatic carbocycles. The second kappa shape index (κ2) is 12.2. The van der Waals surface area contributed by atoms with E-state index in [0.29, 0.717) is 26.3 Å². The Kier molecular flexibility index (Phi) is 8.99. The molecule has 1 aliphatic heterocycles. The summed E-state index contributed by atoms with van der Waals surface area (Å²) in [5.41, 5.74) is 4.70. The summed E-state index contributed by atoms with van der Waals surface area (Å²) in [6.45, 7) is 7.97. The summed E-state index contributed by atoms with van der Waals surface area (Å²) in [6.07, 6.45) is 0. The van der Waals surface area contributed by atoms with Crippen molar-refractivity contribution in [3.05, 3.63) is 59.2 Å². The van der Waals surface area contributed by atoms with Crippen LogP contribution in [-0.2, 0) is 22.6 Å². The first-order valence-corrected chi connectivity index (χ1v) is 10.8. The molecule has 0 aromatic heterocycles. The summed E-state index contributed by atoms with van der Waals surface area (Å²) in [5.74, 6) is 1.62. The zero-order valence-electron chi connectivity index (χ0n) is 18.8. The summed E-state index contributed by atoms with van der Waals surface area (Å²) in [4.78, 5) is 6.70. The van der Waals surface area contributed by atoms with Gasteiger partial charge in [0, 0.05) is 51.6 Å². The van der Waals surface area contributed by atoms with Crippen LogP contribution >= 0.6 is 0 Å². The number of aliphatic imine (C=N–C) groups is 1. The van der Waals surface area contributed by atoms with Gasteiger partial charge in [-0.2, -0.15) is 0 Å². The van der Waals surface area contributed by atoms with Crippen molar-refractivity contribution in [1.82, 2.24) is 10.6 Å². The number of guanidine groups is 1. The second-order valence-corrected chi connectivity index (χ2v) is 7.50. The minimum absolute atomic E-state index is 0.528. The number of anilines is 1. The standard InChI is InChI=1S/C24H34N4O3/c1-19-4-7-21(23(16-19)31-15-14-29-3)18-27-24(25-2)26-17-20-5-8-22(9-6-20)28-10-12-30-13-11-28/h4-9,16H,10-15,17-18H2,1-3H3,(H2,25,26,27). The summed E-state index contributed by atoms with van der Waals surface area (Å²) in [6, 6.07) is 14.9. The first-order chi connectivity index (χ1) is 15.2. The number of morpholine rings is 1. The number of hydrogen-bond donors (Lipinski definition) is 2. The monoisotopic (exact) mass is 426 g/mol. The van der Waals surface area contributed by atoms with Gasteiger partial charge in [-0.1, -0.05) is 24.3 Å². The van der Waals surface area contributed by atoms with Crippen LogP contribution in [0, 0.1) is 6.92 Å². The number of rotatable bonds is 9. The fourth-order valence-electron chi connectivity index (χ4n) is 3.41. The number of nitrogens with one attached hydrogen (secondary N) is 2. The highest BCUT2D eigenvalue weighted by atomic mass is 16.5. The van der Waals surface area contributed by atoms with Crippen LogP contribution in [0.1, 0.15) is 16.7 Å². The highest BCUT2D eigenvalue weighted by molar-refractivity contribution is 5.79. The van der Waals surface area contributed by atoms with Crippen molar-refractivity contribution in [3.8, 4) is 5.75 Å². The zero-order valence-corrected chi connectivity index (χ0v) is 18.8. The predicted molar refractivity (Wildman–Crippen MR) is 125 cm³/mol. The molecule has 3 rings (SSSR count). The molecule has 0 radical (unpaired) electrons. The Balaban J connectivity index is 1.51. The Morgan fingerprint density at radius 3 is 2.48 bits per heavy atom. The number of hydrogen-bond acceptors (Lipinski definition) is 5. The van der Waals surface area contributed by atoms with E-state index in [4.69, 9.17) is 14.2 Å². The average Bonchev–Trinajstić information content (AvgIpc) is 2.81. The molecule has 1 heterocycles. The van der Waals surface area contributed by atoms with Crippen molar-refractivity contribution < 1.29 is 14.2 Å². The van der Waals surface area contributed by atoms with E-state index in [1.807, 2.05) is 0 Å². The van der Waals surface area contributed by atoms with Gasteiger partial charge >= 0.3 is 0 Å². The molecule has 2 N–H and O–H groups in total. The lowest BCUT2D eigenvalue weighted by atomic mass is 10.1. The van der Waals surface area contributed by atoms with Crippen molar-refractivity contribution in [2.24, 2.45) is 4.99 Å². The molecule has 0 unspecified atom stereocenters. The third-order valence-corrected chi connectivity index (χ3v) is 5.21. The molecule has 0 bridgehead atoms. The van der Waals surface area contributed by atoms with Gasteiger partial charge in [0.1, 0.15) is 12.4 Å². The summed E-state index contributed by atoms with van der Waals surface area (Å²) < 4.78 is 16.4.